The maximum Gasteiger partial charge on any atom is 0.253 e. The van der Waals surface area contributed by atoms with Crippen LogP contribution in [0.25, 0.3) is 0 Å². The maximum absolute atomic E-state index is 12.3. The number of piperidine rings is 1. The molecule has 0 unspecified atom stereocenters. The Morgan fingerprint density at radius 1 is 1.37 bits per heavy atom. The first-order valence-electron chi connectivity index (χ1n) is 6.66. The highest BCUT2D eigenvalue weighted by atomic mass is 16.5. The summed E-state index contributed by atoms with van der Waals surface area (Å²) in [5.41, 5.74) is 0.680. The molecular formula is C15H18N2O2. The van der Waals surface area contributed by atoms with Crippen molar-refractivity contribution >= 4 is 5.91 Å². The summed E-state index contributed by atoms with van der Waals surface area (Å²) in [7, 11) is 0. The van der Waals surface area contributed by atoms with E-state index in [1.807, 2.05) is 24.0 Å². The lowest BCUT2D eigenvalue weighted by molar-refractivity contribution is 0.0707. The Morgan fingerprint density at radius 3 is 2.53 bits per heavy atom. The van der Waals surface area contributed by atoms with Crippen molar-refractivity contribution in [2.24, 2.45) is 5.92 Å². The van der Waals surface area contributed by atoms with Crippen LogP contribution in [-0.4, -0.2) is 30.5 Å². The molecule has 1 aromatic carbocycles. The van der Waals surface area contributed by atoms with E-state index in [4.69, 9.17) is 10.00 Å². The highest BCUT2D eigenvalue weighted by molar-refractivity contribution is 5.94. The first-order chi connectivity index (χ1) is 9.24. The minimum Gasteiger partial charge on any atom is -0.494 e. The average molecular weight is 258 g/mol. The molecule has 0 bridgehead atoms. The second-order valence-electron chi connectivity index (χ2n) is 4.65. The van der Waals surface area contributed by atoms with Crippen LogP contribution < -0.4 is 4.74 Å². The smallest absolute Gasteiger partial charge is 0.253 e. The van der Waals surface area contributed by atoms with Gasteiger partial charge in [0.25, 0.3) is 5.91 Å². The fourth-order valence-electron chi connectivity index (χ4n) is 2.25. The van der Waals surface area contributed by atoms with Gasteiger partial charge in [0.05, 0.1) is 12.7 Å². The van der Waals surface area contributed by atoms with Gasteiger partial charge in [-0.3, -0.25) is 4.79 Å². The summed E-state index contributed by atoms with van der Waals surface area (Å²) in [6, 6.07) is 9.50. The molecule has 1 aliphatic rings. The summed E-state index contributed by atoms with van der Waals surface area (Å²) in [5, 5.41) is 8.85. The summed E-state index contributed by atoms with van der Waals surface area (Å²) in [6.45, 7) is 3.89. The third kappa shape index (κ3) is 3.25. The highest BCUT2D eigenvalue weighted by Crippen LogP contribution is 2.19. The van der Waals surface area contributed by atoms with E-state index in [-0.39, 0.29) is 11.8 Å². The van der Waals surface area contributed by atoms with E-state index in [2.05, 4.69) is 6.07 Å². The van der Waals surface area contributed by atoms with E-state index >= 15 is 0 Å². The topological polar surface area (TPSA) is 53.3 Å². The number of hydrogen-bond acceptors (Lipinski definition) is 3. The number of likely N-dealkylation sites (tertiary alicyclic amines) is 1. The predicted molar refractivity (Wildman–Crippen MR) is 71.9 cm³/mol. The van der Waals surface area contributed by atoms with Gasteiger partial charge in [0.2, 0.25) is 0 Å². The summed E-state index contributed by atoms with van der Waals surface area (Å²) in [5.74, 6) is 0.922. The first kappa shape index (κ1) is 13.4. The molecule has 2 rings (SSSR count). The molecule has 4 nitrogen and oxygen atoms in total. The van der Waals surface area contributed by atoms with Crippen LogP contribution >= 0.6 is 0 Å². The Morgan fingerprint density at radius 2 is 2.00 bits per heavy atom. The zero-order valence-electron chi connectivity index (χ0n) is 11.1. The van der Waals surface area contributed by atoms with Gasteiger partial charge in [-0.05, 0) is 44.0 Å². The normalized spacial score (nSPS) is 15.9. The maximum atomic E-state index is 12.3. The van der Waals surface area contributed by atoms with E-state index in [1.54, 1.807) is 12.1 Å². The number of hydrogen-bond donors (Lipinski definition) is 0. The van der Waals surface area contributed by atoms with Gasteiger partial charge in [0.15, 0.2) is 0 Å². The molecule has 1 heterocycles. The molecule has 100 valence electrons. The minimum absolute atomic E-state index is 0.0411. The monoisotopic (exact) mass is 258 g/mol. The second kappa shape index (κ2) is 6.24. The number of amides is 1. The van der Waals surface area contributed by atoms with Crippen LogP contribution in [-0.2, 0) is 0 Å². The summed E-state index contributed by atoms with van der Waals surface area (Å²) in [4.78, 5) is 14.1. The number of carbonyl (C=O) groups is 1. The molecule has 0 aromatic heterocycles. The van der Waals surface area contributed by atoms with Crippen molar-refractivity contribution in [1.82, 2.24) is 4.90 Å². The quantitative estimate of drug-likeness (QED) is 0.836. The average Bonchev–Trinajstić information content (AvgIpc) is 2.48. The molecule has 1 saturated heterocycles. The van der Waals surface area contributed by atoms with Crippen molar-refractivity contribution in [3.05, 3.63) is 29.8 Å². The third-order valence-electron chi connectivity index (χ3n) is 3.38. The second-order valence-corrected chi connectivity index (χ2v) is 4.65. The summed E-state index contributed by atoms with van der Waals surface area (Å²) < 4.78 is 5.35. The van der Waals surface area contributed by atoms with E-state index in [0.29, 0.717) is 25.3 Å². The van der Waals surface area contributed by atoms with Crippen molar-refractivity contribution in [3.63, 3.8) is 0 Å². The molecule has 1 fully saturated rings. The largest absolute Gasteiger partial charge is 0.494 e. The first-order valence-corrected chi connectivity index (χ1v) is 6.66. The van der Waals surface area contributed by atoms with E-state index in [0.717, 1.165) is 18.6 Å². The Balaban J connectivity index is 1.98. The molecule has 0 aliphatic carbocycles. The van der Waals surface area contributed by atoms with Crippen LogP contribution in [0.2, 0.25) is 0 Å². The molecule has 4 heteroatoms. The van der Waals surface area contributed by atoms with E-state index in [1.165, 1.54) is 0 Å². The minimum atomic E-state index is 0.0411. The van der Waals surface area contributed by atoms with Crippen molar-refractivity contribution in [2.45, 2.75) is 19.8 Å². The van der Waals surface area contributed by atoms with Crippen molar-refractivity contribution < 1.29 is 9.53 Å². The lowest BCUT2D eigenvalue weighted by Gasteiger charge is -2.29. The molecule has 0 radical (unpaired) electrons. The van der Waals surface area contributed by atoms with Gasteiger partial charge in [-0.25, -0.2) is 0 Å². The molecule has 1 aliphatic heterocycles. The molecule has 0 N–H and O–H groups in total. The van der Waals surface area contributed by atoms with Gasteiger partial charge in [-0.1, -0.05) is 0 Å². The number of carbonyl (C=O) groups excluding carboxylic acids is 1. The van der Waals surface area contributed by atoms with Crippen LogP contribution in [0.3, 0.4) is 0 Å². The zero-order valence-corrected chi connectivity index (χ0v) is 11.1. The molecular weight excluding hydrogens is 240 g/mol. The number of benzene rings is 1. The SMILES string of the molecule is CCOc1ccc(C(=O)N2CCC(C#N)CC2)cc1. The highest BCUT2D eigenvalue weighted by Gasteiger charge is 2.23. The molecule has 0 spiro atoms. The van der Waals surface area contributed by atoms with Gasteiger partial charge in [-0.2, -0.15) is 5.26 Å². The van der Waals surface area contributed by atoms with Crippen LogP contribution in [0.15, 0.2) is 24.3 Å². The Hall–Kier alpha value is -2.02. The fourth-order valence-corrected chi connectivity index (χ4v) is 2.25. The van der Waals surface area contributed by atoms with Crippen molar-refractivity contribution in [3.8, 4) is 11.8 Å². The predicted octanol–water partition coefficient (Wildman–Crippen LogP) is 2.46. The van der Waals surface area contributed by atoms with Gasteiger partial charge in [-0.15, -0.1) is 0 Å². The van der Waals surface area contributed by atoms with Crippen molar-refractivity contribution in [2.75, 3.05) is 19.7 Å². The van der Waals surface area contributed by atoms with Gasteiger partial charge in [0, 0.05) is 24.6 Å². The number of ether oxygens (including phenoxy) is 1. The van der Waals surface area contributed by atoms with Crippen molar-refractivity contribution in [1.29, 1.82) is 5.26 Å². The molecule has 19 heavy (non-hydrogen) atoms. The molecule has 1 aromatic rings. The third-order valence-corrected chi connectivity index (χ3v) is 3.38. The summed E-state index contributed by atoms with van der Waals surface area (Å²) in [6.07, 6.45) is 1.55. The van der Waals surface area contributed by atoms with Crippen LogP contribution in [0, 0.1) is 17.2 Å². The van der Waals surface area contributed by atoms with Gasteiger partial charge in [0.1, 0.15) is 5.75 Å². The Bertz CT molecular complexity index is 468. The standard InChI is InChI=1S/C15H18N2O2/c1-2-19-14-5-3-13(4-6-14)15(18)17-9-7-12(11-16)8-10-17/h3-6,12H,2,7-10H2,1H3. The molecule has 1 amide bonds. The number of rotatable bonds is 3. The summed E-state index contributed by atoms with van der Waals surface area (Å²) >= 11 is 0. The van der Waals surface area contributed by atoms with E-state index < -0.39 is 0 Å². The molecule has 0 saturated carbocycles. The van der Waals surface area contributed by atoms with Crippen LogP contribution in [0.4, 0.5) is 0 Å². The zero-order chi connectivity index (χ0) is 13.7. The van der Waals surface area contributed by atoms with Gasteiger partial charge >= 0.3 is 0 Å². The van der Waals surface area contributed by atoms with E-state index in [9.17, 15) is 4.79 Å². The Kier molecular flexibility index (Phi) is 4.40. The Labute approximate surface area is 113 Å². The van der Waals surface area contributed by atoms with Crippen LogP contribution in [0.1, 0.15) is 30.1 Å². The molecule has 0 atom stereocenters. The number of nitrogens with zero attached hydrogens (tertiary/aromatic N) is 2. The van der Waals surface area contributed by atoms with Gasteiger partial charge < -0.3 is 9.64 Å². The fraction of sp³-hybridized carbons (Fsp3) is 0.467. The lowest BCUT2D eigenvalue weighted by atomic mass is 9.98. The van der Waals surface area contributed by atoms with Crippen LogP contribution in [0.5, 0.6) is 5.75 Å². The number of nitriles is 1. The lowest BCUT2D eigenvalue weighted by Crippen LogP contribution is -2.38.